The van der Waals surface area contributed by atoms with E-state index in [2.05, 4.69) is 26.9 Å². The number of benzene rings is 1. The zero-order valence-corrected chi connectivity index (χ0v) is 13.5. The molecule has 0 radical (unpaired) electrons. The molecule has 5 nitrogen and oxygen atoms in total. The number of rotatable bonds is 2. The van der Waals surface area contributed by atoms with Crippen LogP contribution in [0, 0.1) is 17.8 Å². The standard InChI is InChI=1S/C19H20N4O/c20-16-4-1-14(2-5-16)3-6-17-7-8-19(22-21-17)24-18-13-23-11-9-15(18)10-12-23/h1-2,4-5,7-8,15,18H,9-13,20H2. The van der Waals surface area contributed by atoms with Crippen LogP contribution in [0.15, 0.2) is 36.4 Å². The zero-order chi connectivity index (χ0) is 16.4. The normalized spacial score (nSPS) is 24.9. The van der Waals surface area contributed by atoms with Crippen molar-refractivity contribution in [2.45, 2.75) is 18.9 Å². The van der Waals surface area contributed by atoms with Gasteiger partial charge >= 0.3 is 0 Å². The number of hydrogen-bond acceptors (Lipinski definition) is 5. The van der Waals surface area contributed by atoms with E-state index in [9.17, 15) is 0 Å². The average Bonchev–Trinajstić information content (AvgIpc) is 2.63. The van der Waals surface area contributed by atoms with Crippen LogP contribution in [0.5, 0.6) is 5.88 Å². The Labute approximate surface area is 141 Å². The Kier molecular flexibility index (Phi) is 4.06. The lowest BCUT2D eigenvalue weighted by molar-refractivity contribution is -0.0104. The van der Waals surface area contributed by atoms with Gasteiger partial charge in [0.2, 0.25) is 5.88 Å². The number of nitrogens with zero attached hydrogens (tertiary/aromatic N) is 3. The van der Waals surface area contributed by atoms with Crippen molar-refractivity contribution in [2.75, 3.05) is 25.4 Å². The monoisotopic (exact) mass is 320 g/mol. The van der Waals surface area contributed by atoms with Crippen molar-refractivity contribution in [1.29, 1.82) is 0 Å². The Bertz CT molecular complexity index is 753. The third-order valence-electron chi connectivity index (χ3n) is 4.75. The van der Waals surface area contributed by atoms with Gasteiger partial charge in [0.05, 0.1) is 0 Å². The molecule has 24 heavy (non-hydrogen) atoms. The Hall–Kier alpha value is -2.58. The lowest BCUT2D eigenvalue weighted by atomic mass is 9.86. The molecule has 5 heteroatoms. The Morgan fingerprint density at radius 2 is 1.79 bits per heavy atom. The molecule has 3 fully saturated rings. The summed E-state index contributed by atoms with van der Waals surface area (Å²) in [7, 11) is 0. The van der Waals surface area contributed by atoms with Gasteiger partial charge in [0, 0.05) is 23.9 Å². The van der Waals surface area contributed by atoms with Crippen LogP contribution < -0.4 is 10.5 Å². The SMILES string of the molecule is Nc1ccc(C#Cc2ccc(OC3CN4CCC3CC4)nn2)cc1. The summed E-state index contributed by atoms with van der Waals surface area (Å²) in [5, 5.41) is 8.32. The first-order valence-corrected chi connectivity index (χ1v) is 8.36. The summed E-state index contributed by atoms with van der Waals surface area (Å²) in [4.78, 5) is 2.46. The largest absolute Gasteiger partial charge is 0.472 e. The molecule has 3 saturated heterocycles. The third kappa shape index (κ3) is 3.34. The van der Waals surface area contributed by atoms with Crippen molar-refractivity contribution in [3.05, 3.63) is 47.7 Å². The molecule has 1 atom stereocenters. The van der Waals surface area contributed by atoms with Gasteiger partial charge in [0.15, 0.2) is 0 Å². The first-order chi connectivity index (χ1) is 11.8. The van der Waals surface area contributed by atoms with E-state index >= 15 is 0 Å². The summed E-state index contributed by atoms with van der Waals surface area (Å²) in [6.45, 7) is 3.41. The van der Waals surface area contributed by atoms with Crippen molar-refractivity contribution in [3.8, 4) is 17.7 Å². The number of hydrogen-bond donors (Lipinski definition) is 1. The fourth-order valence-corrected chi connectivity index (χ4v) is 3.35. The Morgan fingerprint density at radius 1 is 1.00 bits per heavy atom. The van der Waals surface area contributed by atoms with E-state index in [0.29, 0.717) is 17.5 Å². The first kappa shape index (κ1) is 15.0. The molecule has 0 spiro atoms. The highest BCUT2D eigenvalue weighted by Gasteiger charge is 2.35. The highest BCUT2D eigenvalue weighted by atomic mass is 16.5. The zero-order valence-electron chi connectivity index (χ0n) is 13.5. The quantitative estimate of drug-likeness (QED) is 0.677. The van der Waals surface area contributed by atoms with Gasteiger partial charge < -0.3 is 10.5 Å². The first-order valence-electron chi connectivity index (χ1n) is 8.36. The minimum Gasteiger partial charge on any atom is -0.472 e. The minimum atomic E-state index is 0.244. The second-order valence-corrected chi connectivity index (χ2v) is 6.42. The van der Waals surface area contributed by atoms with E-state index in [1.807, 2.05) is 36.4 Å². The molecule has 1 unspecified atom stereocenters. The van der Waals surface area contributed by atoms with Gasteiger partial charge in [-0.15, -0.1) is 10.2 Å². The van der Waals surface area contributed by atoms with E-state index < -0.39 is 0 Å². The van der Waals surface area contributed by atoms with Gasteiger partial charge in [0.25, 0.3) is 0 Å². The molecule has 2 aromatic rings. The maximum atomic E-state index is 6.04. The molecule has 0 saturated carbocycles. The number of fused-ring (bicyclic) bond motifs is 3. The smallest absolute Gasteiger partial charge is 0.233 e. The van der Waals surface area contributed by atoms with E-state index in [-0.39, 0.29) is 6.10 Å². The predicted molar refractivity (Wildman–Crippen MR) is 92.4 cm³/mol. The summed E-state index contributed by atoms with van der Waals surface area (Å²) in [5.41, 5.74) is 7.93. The molecule has 1 aromatic carbocycles. The molecule has 4 heterocycles. The van der Waals surface area contributed by atoms with Crippen molar-refractivity contribution < 1.29 is 4.74 Å². The number of ether oxygens (including phenoxy) is 1. The van der Waals surface area contributed by atoms with Gasteiger partial charge in [-0.1, -0.05) is 5.92 Å². The highest BCUT2D eigenvalue weighted by molar-refractivity contribution is 5.46. The second kappa shape index (κ2) is 6.50. The molecular formula is C19H20N4O. The topological polar surface area (TPSA) is 64.3 Å². The van der Waals surface area contributed by atoms with Crippen LogP contribution in [0.4, 0.5) is 5.69 Å². The fourth-order valence-electron chi connectivity index (χ4n) is 3.35. The number of nitrogens with two attached hydrogens (primary N) is 1. The Balaban J connectivity index is 1.41. The third-order valence-corrected chi connectivity index (χ3v) is 4.75. The number of nitrogen functional groups attached to an aromatic ring is 1. The predicted octanol–water partition coefficient (Wildman–Crippen LogP) is 1.93. The molecule has 2 bridgehead atoms. The molecule has 122 valence electrons. The maximum absolute atomic E-state index is 6.04. The van der Waals surface area contributed by atoms with Gasteiger partial charge in [-0.25, -0.2) is 0 Å². The lowest BCUT2D eigenvalue weighted by Crippen LogP contribution is -2.52. The van der Waals surface area contributed by atoms with Crippen LogP contribution in [0.3, 0.4) is 0 Å². The molecule has 1 aromatic heterocycles. The number of piperidine rings is 3. The summed E-state index contributed by atoms with van der Waals surface area (Å²) in [6.07, 6.45) is 2.69. The van der Waals surface area contributed by atoms with E-state index in [1.54, 1.807) is 0 Å². The molecular weight excluding hydrogens is 300 g/mol. The maximum Gasteiger partial charge on any atom is 0.233 e. The number of anilines is 1. The molecule has 3 aliphatic heterocycles. The van der Waals surface area contributed by atoms with Crippen molar-refractivity contribution >= 4 is 5.69 Å². The van der Waals surface area contributed by atoms with Crippen LogP contribution in [-0.4, -0.2) is 40.8 Å². The van der Waals surface area contributed by atoms with Crippen molar-refractivity contribution in [3.63, 3.8) is 0 Å². The summed E-state index contributed by atoms with van der Waals surface area (Å²) in [6, 6.07) is 11.2. The van der Waals surface area contributed by atoms with Crippen LogP contribution in [0.25, 0.3) is 0 Å². The van der Waals surface area contributed by atoms with Crippen LogP contribution in [-0.2, 0) is 0 Å². The van der Waals surface area contributed by atoms with Gasteiger partial charge in [0.1, 0.15) is 11.8 Å². The molecule has 5 rings (SSSR count). The van der Waals surface area contributed by atoms with Gasteiger partial charge in [-0.2, -0.15) is 0 Å². The fraction of sp³-hybridized carbons (Fsp3) is 0.368. The van der Waals surface area contributed by atoms with Crippen LogP contribution in [0.2, 0.25) is 0 Å². The van der Waals surface area contributed by atoms with Crippen LogP contribution in [0.1, 0.15) is 24.1 Å². The minimum absolute atomic E-state index is 0.244. The number of aromatic nitrogens is 2. The van der Waals surface area contributed by atoms with E-state index in [1.165, 1.54) is 25.9 Å². The molecule has 3 aliphatic rings. The van der Waals surface area contributed by atoms with Gasteiger partial charge in [-0.05, 0) is 68.1 Å². The molecule has 0 aliphatic carbocycles. The second-order valence-electron chi connectivity index (χ2n) is 6.42. The van der Waals surface area contributed by atoms with Crippen molar-refractivity contribution in [1.82, 2.24) is 15.1 Å². The highest BCUT2D eigenvalue weighted by Crippen LogP contribution is 2.29. The average molecular weight is 320 g/mol. The summed E-state index contributed by atoms with van der Waals surface area (Å²) < 4.78 is 6.04. The van der Waals surface area contributed by atoms with E-state index in [4.69, 9.17) is 10.5 Å². The van der Waals surface area contributed by atoms with Crippen molar-refractivity contribution in [2.24, 2.45) is 5.92 Å². The molecule has 2 N–H and O–H groups in total. The Morgan fingerprint density at radius 3 is 2.42 bits per heavy atom. The van der Waals surface area contributed by atoms with Crippen LogP contribution >= 0.6 is 0 Å². The van der Waals surface area contributed by atoms with Gasteiger partial charge in [-0.3, -0.25) is 4.90 Å². The lowest BCUT2D eigenvalue weighted by Gasteiger charge is -2.44. The summed E-state index contributed by atoms with van der Waals surface area (Å²) >= 11 is 0. The summed E-state index contributed by atoms with van der Waals surface area (Å²) in [5.74, 6) is 7.31. The molecule has 0 amide bonds. The van der Waals surface area contributed by atoms with E-state index in [0.717, 1.165) is 17.8 Å².